The van der Waals surface area contributed by atoms with Crippen molar-refractivity contribution in [2.45, 2.75) is 13.3 Å². The van der Waals surface area contributed by atoms with Gasteiger partial charge in [-0.05, 0) is 18.6 Å². The summed E-state index contributed by atoms with van der Waals surface area (Å²) in [5.74, 6) is -2.18. The molecule has 1 aromatic carbocycles. The lowest BCUT2D eigenvalue weighted by Gasteiger charge is -2.07. The van der Waals surface area contributed by atoms with E-state index in [0.717, 1.165) is 0 Å². The number of carbonyl (C=O) groups is 3. The number of hydrogen-bond acceptors (Lipinski definition) is 5. The lowest BCUT2D eigenvalue weighted by atomic mass is 10.0. The zero-order valence-electron chi connectivity index (χ0n) is 12.5. The zero-order chi connectivity index (χ0) is 17.0. The molecule has 0 radical (unpaired) electrons. The van der Waals surface area contributed by atoms with Crippen LogP contribution >= 0.6 is 0 Å². The third kappa shape index (κ3) is 3.54. The molecule has 0 saturated heterocycles. The fraction of sp³-hybridized carbons (Fsp3) is 0.200. The summed E-state index contributed by atoms with van der Waals surface area (Å²) in [5.41, 5.74) is 1.00. The maximum atomic E-state index is 12.1. The molecular formula is C15H15N3O5. The number of amides is 1. The van der Waals surface area contributed by atoms with Crippen molar-refractivity contribution in [1.29, 1.82) is 0 Å². The highest BCUT2D eigenvalue weighted by Crippen LogP contribution is 2.18. The number of esters is 1. The van der Waals surface area contributed by atoms with Crippen molar-refractivity contribution in [2.75, 3.05) is 12.4 Å². The van der Waals surface area contributed by atoms with E-state index in [1.165, 1.54) is 13.2 Å². The first-order chi connectivity index (χ1) is 10.9. The lowest BCUT2D eigenvalue weighted by Crippen LogP contribution is -2.18. The van der Waals surface area contributed by atoms with Crippen LogP contribution in [0.3, 0.4) is 0 Å². The number of aromatic carboxylic acids is 1. The highest BCUT2D eigenvalue weighted by Gasteiger charge is 2.21. The molecule has 1 heterocycles. The van der Waals surface area contributed by atoms with Gasteiger partial charge in [-0.1, -0.05) is 18.2 Å². The Labute approximate surface area is 131 Å². The first-order valence-corrected chi connectivity index (χ1v) is 6.68. The highest BCUT2D eigenvalue weighted by atomic mass is 16.5. The third-order valence-electron chi connectivity index (χ3n) is 3.19. The summed E-state index contributed by atoms with van der Waals surface area (Å²) in [7, 11) is 1.23. The maximum Gasteiger partial charge on any atom is 0.343 e. The van der Waals surface area contributed by atoms with Gasteiger partial charge in [0.25, 0.3) is 0 Å². The molecule has 0 aliphatic heterocycles. The highest BCUT2D eigenvalue weighted by molar-refractivity contribution is 6.02. The smallest absolute Gasteiger partial charge is 0.343 e. The second kappa shape index (κ2) is 6.73. The van der Waals surface area contributed by atoms with Gasteiger partial charge in [-0.25, -0.2) is 9.59 Å². The van der Waals surface area contributed by atoms with Crippen molar-refractivity contribution in [2.24, 2.45) is 0 Å². The first kappa shape index (κ1) is 16.2. The zero-order valence-corrected chi connectivity index (χ0v) is 12.5. The van der Waals surface area contributed by atoms with Crippen LogP contribution in [-0.4, -0.2) is 40.3 Å². The van der Waals surface area contributed by atoms with Gasteiger partial charge in [0, 0.05) is 5.69 Å². The molecule has 3 N–H and O–H groups in total. The normalized spacial score (nSPS) is 10.2. The SMILES string of the molecule is COC(=O)c1c(NC(=O)Cc2ccccc2C(=O)O)n[nH]c1C. The Morgan fingerprint density at radius 2 is 2.00 bits per heavy atom. The van der Waals surface area contributed by atoms with Crippen LogP contribution in [0.5, 0.6) is 0 Å². The Hall–Kier alpha value is -3.16. The van der Waals surface area contributed by atoms with Gasteiger partial charge in [0.05, 0.1) is 19.1 Å². The van der Waals surface area contributed by atoms with E-state index in [1.54, 1.807) is 25.1 Å². The summed E-state index contributed by atoms with van der Waals surface area (Å²) in [6.07, 6.45) is -0.158. The number of H-pyrrole nitrogens is 1. The number of ether oxygens (including phenoxy) is 1. The van der Waals surface area contributed by atoms with Crippen molar-refractivity contribution in [3.8, 4) is 0 Å². The van der Waals surface area contributed by atoms with Crippen LogP contribution < -0.4 is 5.32 Å². The molecule has 0 unspecified atom stereocenters. The van der Waals surface area contributed by atoms with Gasteiger partial charge in [-0.15, -0.1) is 0 Å². The molecule has 2 aromatic rings. The number of carboxylic acid groups (broad SMARTS) is 1. The molecule has 2 rings (SSSR count). The predicted octanol–water partition coefficient (Wildman–Crippen LogP) is 1.38. The van der Waals surface area contributed by atoms with Crippen LogP contribution in [0, 0.1) is 6.92 Å². The van der Waals surface area contributed by atoms with Crippen LogP contribution in [0.1, 0.15) is 32.0 Å². The minimum Gasteiger partial charge on any atom is -0.478 e. The summed E-state index contributed by atoms with van der Waals surface area (Å²) in [6.45, 7) is 1.62. The largest absolute Gasteiger partial charge is 0.478 e. The molecular weight excluding hydrogens is 302 g/mol. The second-order valence-corrected chi connectivity index (χ2v) is 4.75. The second-order valence-electron chi connectivity index (χ2n) is 4.75. The number of benzene rings is 1. The van der Waals surface area contributed by atoms with Crippen LogP contribution in [-0.2, 0) is 16.0 Å². The first-order valence-electron chi connectivity index (χ1n) is 6.68. The number of nitrogens with zero attached hydrogens (tertiary/aromatic N) is 1. The Balaban J connectivity index is 2.19. The van der Waals surface area contributed by atoms with E-state index >= 15 is 0 Å². The summed E-state index contributed by atoms with van der Waals surface area (Å²) < 4.78 is 4.64. The van der Waals surface area contributed by atoms with Crippen LogP contribution in [0.15, 0.2) is 24.3 Å². The Kier molecular flexibility index (Phi) is 4.75. The number of methoxy groups -OCH3 is 1. The van der Waals surface area contributed by atoms with Crippen molar-refractivity contribution < 1.29 is 24.2 Å². The molecule has 8 nitrogen and oxygen atoms in total. The van der Waals surface area contributed by atoms with Gasteiger partial charge in [-0.3, -0.25) is 9.89 Å². The van der Waals surface area contributed by atoms with Gasteiger partial charge < -0.3 is 15.2 Å². The number of aromatic nitrogens is 2. The number of hydrogen-bond donors (Lipinski definition) is 3. The Morgan fingerprint density at radius 1 is 1.30 bits per heavy atom. The van der Waals surface area contributed by atoms with Gasteiger partial charge >= 0.3 is 11.9 Å². The standard InChI is InChI=1S/C15H15N3O5/c1-8-12(15(22)23-2)13(18-17-8)16-11(19)7-9-5-3-4-6-10(9)14(20)21/h3-6H,7H2,1-2H3,(H,20,21)(H2,16,17,18,19). The van der Waals surface area contributed by atoms with E-state index in [2.05, 4.69) is 20.3 Å². The quantitative estimate of drug-likeness (QED) is 0.716. The number of carbonyl (C=O) groups excluding carboxylic acids is 2. The minimum absolute atomic E-state index is 0.0483. The molecule has 0 aliphatic rings. The average molecular weight is 317 g/mol. The van der Waals surface area contributed by atoms with E-state index in [4.69, 9.17) is 5.11 Å². The fourth-order valence-corrected chi connectivity index (χ4v) is 2.10. The van der Waals surface area contributed by atoms with Crippen molar-refractivity contribution >= 4 is 23.7 Å². The Bertz CT molecular complexity index is 766. The van der Waals surface area contributed by atoms with Crippen LogP contribution in [0.4, 0.5) is 5.82 Å². The number of rotatable bonds is 5. The van der Waals surface area contributed by atoms with Gasteiger partial charge in [0.2, 0.25) is 5.91 Å². The molecule has 1 aromatic heterocycles. The third-order valence-corrected chi connectivity index (χ3v) is 3.19. The molecule has 23 heavy (non-hydrogen) atoms. The van der Waals surface area contributed by atoms with E-state index in [1.807, 2.05) is 0 Å². The number of aryl methyl sites for hydroxylation is 1. The van der Waals surface area contributed by atoms with Crippen molar-refractivity contribution in [1.82, 2.24) is 10.2 Å². The summed E-state index contributed by atoms with van der Waals surface area (Å²) >= 11 is 0. The van der Waals surface area contributed by atoms with E-state index in [9.17, 15) is 14.4 Å². The van der Waals surface area contributed by atoms with Gasteiger partial charge in [0.15, 0.2) is 5.82 Å². The molecule has 120 valence electrons. The molecule has 0 bridgehead atoms. The van der Waals surface area contributed by atoms with Crippen molar-refractivity contribution in [3.63, 3.8) is 0 Å². The van der Waals surface area contributed by atoms with Gasteiger partial charge in [0.1, 0.15) is 5.56 Å². The summed E-state index contributed by atoms with van der Waals surface area (Å²) in [4.78, 5) is 34.9. The molecule has 0 atom stereocenters. The van der Waals surface area contributed by atoms with Gasteiger partial charge in [-0.2, -0.15) is 5.10 Å². The monoisotopic (exact) mass is 317 g/mol. The summed E-state index contributed by atoms with van der Waals surface area (Å²) in [5, 5.41) is 18.0. The minimum atomic E-state index is -1.11. The molecule has 0 spiro atoms. The van der Waals surface area contributed by atoms with E-state index < -0.39 is 17.8 Å². The number of carboxylic acids is 1. The molecule has 0 aliphatic carbocycles. The van der Waals surface area contributed by atoms with E-state index in [-0.39, 0.29) is 23.4 Å². The fourth-order valence-electron chi connectivity index (χ4n) is 2.10. The molecule has 8 heteroatoms. The van der Waals surface area contributed by atoms with E-state index in [0.29, 0.717) is 11.3 Å². The number of nitrogens with one attached hydrogen (secondary N) is 2. The maximum absolute atomic E-state index is 12.1. The van der Waals surface area contributed by atoms with Crippen molar-refractivity contribution in [3.05, 3.63) is 46.6 Å². The number of anilines is 1. The predicted molar refractivity (Wildman–Crippen MR) is 80.4 cm³/mol. The summed E-state index contributed by atoms with van der Waals surface area (Å²) in [6, 6.07) is 6.20. The number of aromatic amines is 1. The molecule has 1 amide bonds. The average Bonchev–Trinajstić information content (AvgIpc) is 2.87. The lowest BCUT2D eigenvalue weighted by molar-refractivity contribution is -0.115. The molecule has 0 fully saturated rings. The van der Waals surface area contributed by atoms with Crippen LogP contribution in [0.25, 0.3) is 0 Å². The topological polar surface area (TPSA) is 121 Å². The molecule has 0 saturated carbocycles. The Morgan fingerprint density at radius 3 is 2.65 bits per heavy atom. The van der Waals surface area contributed by atoms with Crippen LogP contribution in [0.2, 0.25) is 0 Å².